The van der Waals surface area contributed by atoms with Gasteiger partial charge >= 0.3 is 0 Å². The van der Waals surface area contributed by atoms with Gasteiger partial charge < -0.3 is 9.84 Å². The lowest BCUT2D eigenvalue weighted by Crippen LogP contribution is -2.54. The van der Waals surface area contributed by atoms with Gasteiger partial charge in [-0.25, -0.2) is 0 Å². The van der Waals surface area contributed by atoms with Gasteiger partial charge in [0.25, 0.3) is 0 Å². The summed E-state index contributed by atoms with van der Waals surface area (Å²) in [5, 5.41) is 9.96. The molecular formula is C21H27N3O2. The first-order chi connectivity index (χ1) is 12.7. The SMILES string of the molecule is C[C@@H]1CN2C[C@H](O)CC2CN1Cc1ccccc1OCc1ccccn1. The van der Waals surface area contributed by atoms with Crippen molar-refractivity contribution in [3.05, 3.63) is 59.9 Å². The second-order valence-corrected chi connectivity index (χ2v) is 7.49. The minimum atomic E-state index is -0.166. The number of fused-ring (bicyclic) bond motifs is 1. The highest BCUT2D eigenvalue weighted by Gasteiger charge is 2.38. The summed E-state index contributed by atoms with van der Waals surface area (Å²) in [7, 11) is 0. The number of aliphatic hydroxyl groups excluding tert-OH is 1. The molecule has 5 nitrogen and oxygen atoms in total. The number of piperazine rings is 1. The lowest BCUT2D eigenvalue weighted by atomic mass is 10.1. The molecule has 0 spiro atoms. The van der Waals surface area contributed by atoms with E-state index in [2.05, 4.69) is 33.8 Å². The van der Waals surface area contributed by atoms with E-state index < -0.39 is 0 Å². The fourth-order valence-corrected chi connectivity index (χ4v) is 4.13. The van der Waals surface area contributed by atoms with Crippen LogP contribution in [-0.2, 0) is 13.2 Å². The minimum absolute atomic E-state index is 0.166. The maximum absolute atomic E-state index is 9.96. The quantitative estimate of drug-likeness (QED) is 0.894. The van der Waals surface area contributed by atoms with Crippen LogP contribution in [0.1, 0.15) is 24.6 Å². The summed E-state index contributed by atoms with van der Waals surface area (Å²) in [6, 6.07) is 15.1. The van der Waals surface area contributed by atoms with Gasteiger partial charge in [-0.05, 0) is 31.5 Å². The van der Waals surface area contributed by atoms with Gasteiger partial charge in [0.05, 0.1) is 11.8 Å². The molecule has 1 aromatic heterocycles. The number of para-hydroxylation sites is 1. The molecule has 2 aliphatic rings. The molecule has 2 aromatic rings. The molecule has 2 aliphatic heterocycles. The molecule has 138 valence electrons. The first kappa shape index (κ1) is 17.5. The first-order valence-electron chi connectivity index (χ1n) is 9.46. The molecule has 26 heavy (non-hydrogen) atoms. The van der Waals surface area contributed by atoms with Gasteiger partial charge in [0.15, 0.2) is 0 Å². The van der Waals surface area contributed by atoms with Crippen molar-refractivity contribution in [1.29, 1.82) is 0 Å². The van der Waals surface area contributed by atoms with E-state index >= 15 is 0 Å². The van der Waals surface area contributed by atoms with Crippen LogP contribution in [0.15, 0.2) is 48.7 Å². The average molecular weight is 353 g/mol. The van der Waals surface area contributed by atoms with Crippen LogP contribution in [0.3, 0.4) is 0 Å². The molecule has 2 fully saturated rings. The van der Waals surface area contributed by atoms with Gasteiger partial charge in [-0.15, -0.1) is 0 Å². The predicted octanol–water partition coefficient (Wildman–Crippen LogP) is 2.30. The molecule has 3 heterocycles. The molecule has 1 N–H and O–H groups in total. The van der Waals surface area contributed by atoms with Crippen LogP contribution in [0.5, 0.6) is 5.75 Å². The molecule has 4 rings (SSSR count). The zero-order valence-corrected chi connectivity index (χ0v) is 15.3. The van der Waals surface area contributed by atoms with Crippen molar-refractivity contribution in [1.82, 2.24) is 14.8 Å². The Kier molecular flexibility index (Phi) is 5.20. The van der Waals surface area contributed by atoms with E-state index in [4.69, 9.17) is 4.74 Å². The van der Waals surface area contributed by atoms with Gasteiger partial charge in [0.1, 0.15) is 12.4 Å². The van der Waals surface area contributed by atoms with E-state index in [0.717, 1.165) is 44.0 Å². The predicted molar refractivity (Wildman–Crippen MR) is 101 cm³/mol. The van der Waals surface area contributed by atoms with E-state index in [1.165, 1.54) is 5.56 Å². The van der Waals surface area contributed by atoms with Gasteiger partial charge in [-0.2, -0.15) is 0 Å². The Labute approximate surface area is 155 Å². The van der Waals surface area contributed by atoms with Crippen LogP contribution in [-0.4, -0.2) is 57.7 Å². The van der Waals surface area contributed by atoms with Crippen molar-refractivity contribution in [3.8, 4) is 5.75 Å². The molecule has 0 bridgehead atoms. The van der Waals surface area contributed by atoms with Gasteiger partial charge in [-0.3, -0.25) is 14.8 Å². The fraction of sp³-hybridized carbons (Fsp3) is 0.476. The lowest BCUT2D eigenvalue weighted by molar-refractivity contribution is 0.0521. The van der Waals surface area contributed by atoms with Crippen LogP contribution < -0.4 is 4.74 Å². The average Bonchev–Trinajstić information content (AvgIpc) is 3.01. The molecular weight excluding hydrogens is 326 g/mol. The topological polar surface area (TPSA) is 48.8 Å². The number of aliphatic hydroxyl groups is 1. The summed E-state index contributed by atoms with van der Waals surface area (Å²) in [6.45, 7) is 6.49. The van der Waals surface area contributed by atoms with Crippen LogP contribution in [0.25, 0.3) is 0 Å². The summed E-state index contributed by atoms with van der Waals surface area (Å²) in [5.74, 6) is 0.930. The zero-order chi connectivity index (χ0) is 17.9. The number of nitrogens with zero attached hydrogens (tertiary/aromatic N) is 3. The zero-order valence-electron chi connectivity index (χ0n) is 15.3. The van der Waals surface area contributed by atoms with Crippen molar-refractivity contribution in [2.45, 2.75) is 44.7 Å². The second-order valence-electron chi connectivity index (χ2n) is 7.49. The maximum atomic E-state index is 9.96. The molecule has 3 atom stereocenters. The fourth-order valence-electron chi connectivity index (χ4n) is 4.13. The second kappa shape index (κ2) is 7.74. The van der Waals surface area contributed by atoms with Crippen molar-refractivity contribution < 1.29 is 9.84 Å². The Balaban J connectivity index is 1.43. The van der Waals surface area contributed by atoms with E-state index in [-0.39, 0.29) is 6.10 Å². The molecule has 2 saturated heterocycles. The van der Waals surface area contributed by atoms with Crippen LogP contribution in [0.4, 0.5) is 0 Å². The number of pyridine rings is 1. The van der Waals surface area contributed by atoms with Crippen LogP contribution in [0.2, 0.25) is 0 Å². The van der Waals surface area contributed by atoms with Crippen molar-refractivity contribution in [2.75, 3.05) is 19.6 Å². The standard InChI is InChI=1S/C21H27N3O2/c1-16-11-24-14-20(25)10-19(24)13-23(16)12-17-6-2-3-8-21(17)26-15-18-7-4-5-9-22-18/h2-9,16,19-20,25H,10-15H2,1H3/t16-,19?,20-/m1/s1. The van der Waals surface area contributed by atoms with Crippen molar-refractivity contribution in [3.63, 3.8) is 0 Å². The number of hydrogen-bond donors (Lipinski definition) is 1. The smallest absolute Gasteiger partial charge is 0.130 e. The normalized spacial score (nSPS) is 26.6. The Morgan fingerprint density at radius 1 is 1.12 bits per heavy atom. The maximum Gasteiger partial charge on any atom is 0.130 e. The molecule has 1 aromatic carbocycles. The van der Waals surface area contributed by atoms with Crippen LogP contribution >= 0.6 is 0 Å². The Hall–Kier alpha value is -1.95. The van der Waals surface area contributed by atoms with E-state index in [9.17, 15) is 5.11 Å². The van der Waals surface area contributed by atoms with Crippen LogP contribution in [0, 0.1) is 0 Å². The highest BCUT2D eigenvalue weighted by Crippen LogP contribution is 2.28. The van der Waals surface area contributed by atoms with Crippen molar-refractivity contribution >= 4 is 0 Å². The summed E-state index contributed by atoms with van der Waals surface area (Å²) < 4.78 is 6.06. The number of benzene rings is 1. The third-order valence-electron chi connectivity index (χ3n) is 5.52. The van der Waals surface area contributed by atoms with E-state index in [1.807, 2.05) is 30.3 Å². The largest absolute Gasteiger partial charge is 0.487 e. The number of hydrogen-bond acceptors (Lipinski definition) is 5. The Morgan fingerprint density at radius 2 is 1.96 bits per heavy atom. The number of aromatic nitrogens is 1. The molecule has 0 radical (unpaired) electrons. The van der Waals surface area contributed by atoms with Gasteiger partial charge in [0.2, 0.25) is 0 Å². The van der Waals surface area contributed by atoms with Gasteiger partial charge in [0, 0.05) is 50.0 Å². The third kappa shape index (κ3) is 3.90. The minimum Gasteiger partial charge on any atom is -0.487 e. The van der Waals surface area contributed by atoms with E-state index in [1.54, 1.807) is 6.20 Å². The highest BCUT2D eigenvalue weighted by atomic mass is 16.5. The molecule has 1 unspecified atom stereocenters. The lowest BCUT2D eigenvalue weighted by Gasteiger charge is -2.42. The molecule has 0 amide bonds. The number of ether oxygens (including phenoxy) is 1. The summed E-state index contributed by atoms with van der Waals surface area (Å²) in [5.41, 5.74) is 2.14. The monoisotopic (exact) mass is 353 g/mol. The summed E-state index contributed by atoms with van der Waals surface area (Å²) >= 11 is 0. The number of rotatable bonds is 5. The summed E-state index contributed by atoms with van der Waals surface area (Å²) in [6.07, 6.45) is 2.52. The van der Waals surface area contributed by atoms with Crippen molar-refractivity contribution in [2.24, 2.45) is 0 Å². The molecule has 0 aliphatic carbocycles. The Bertz CT molecular complexity index is 724. The highest BCUT2D eigenvalue weighted by molar-refractivity contribution is 5.33. The van der Waals surface area contributed by atoms with Gasteiger partial charge in [-0.1, -0.05) is 24.3 Å². The molecule has 5 heteroatoms. The first-order valence-corrected chi connectivity index (χ1v) is 9.46. The summed E-state index contributed by atoms with van der Waals surface area (Å²) in [4.78, 5) is 9.29. The Morgan fingerprint density at radius 3 is 2.81 bits per heavy atom. The molecule has 0 saturated carbocycles. The van der Waals surface area contributed by atoms with E-state index in [0.29, 0.717) is 18.7 Å². The third-order valence-corrected chi connectivity index (χ3v) is 5.52.